The van der Waals surface area contributed by atoms with E-state index in [1.54, 1.807) is 0 Å². The van der Waals surface area contributed by atoms with Crippen LogP contribution in [0.15, 0.2) is 0 Å². The highest BCUT2D eigenvalue weighted by molar-refractivity contribution is 5.70. The van der Waals surface area contributed by atoms with Crippen LogP contribution in [0.2, 0.25) is 0 Å². The van der Waals surface area contributed by atoms with Crippen LogP contribution < -0.4 is 10.6 Å². The lowest BCUT2D eigenvalue weighted by molar-refractivity contribution is -0.107. The Bertz CT molecular complexity index is 392. The van der Waals surface area contributed by atoms with Crippen molar-refractivity contribution in [3.05, 3.63) is 0 Å². The number of nitrogens with one attached hydrogen (secondary N) is 2. The fourth-order valence-corrected chi connectivity index (χ4v) is 3.79. The first-order chi connectivity index (χ1) is 9.02. The van der Waals surface area contributed by atoms with Gasteiger partial charge >= 0.3 is 12.2 Å². The average Bonchev–Trinajstić information content (AvgIpc) is 2.31. The maximum Gasteiger partial charge on any atom is 0.406 e. The van der Waals surface area contributed by atoms with E-state index in [1.807, 2.05) is 13.8 Å². The second-order valence-electron chi connectivity index (χ2n) is 6.60. The minimum Gasteiger partial charge on any atom is -0.465 e. The normalized spacial score (nSPS) is 31.4. The first-order valence-corrected chi connectivity index (χ1v) is 7.04. The zero-order valence-electron chi connectivity index (χ0n) is 12.9. The second-order valence-corrected chi connectivity index (χ2v) is 6.60. The van der Waals surface area contributed by atoms with Crippen molar-refractivity contribution in [3.8, 4) is 0 Å². The predicted molar refractivity (Wildman–Crippen MR) is 75.6 cm³/mol. The molecule has 0 heterocycles. The zero-order chi connectivity index (χ0) is 15.8. The molecule has 2 amide bonds. The maximum absolute atomic E-state index is 11.2. The molecule has 1 fully saturated rings. The third kappa shape index (κ3) is 2.31. The predicted octanol–water partition coefficient (Wildman–Crippen LogP) is 3.09. The standard InChI is InChI=1S/C14H26N2O4/c1-6-13(5)9(2)7-8-14(12(13,3)4,15-10(17)18)16-11(19)20/h9,15-16H,6-8H2,1-5H3,(H,17,18)(H,19,20). The van der Waals surface area contributed by atoms with Crippen molar-refractivity contribution < 1.29 is 19.8 Å². The molecule has 1 saturated carbocycles. The Morgan fingerprint density at radius 3 is 1.95 bits per heavy atom. The Balaban J connectivity index is 3.35. The van der Waals surface area contributed by atoms with E-state index in [0.29, 0.717) is 12.3 Å². The first-order valence-electron chi connectivity index (χ1n) is 7.04. The fourth-order valence-electron chi connectivity index (χ4n) is 3.79. The monoisotopic (exact) mass is 286 g/mol. The van der Waals surface area contributed by atoms with Crippen LogP contribution in [0.5, 0.6) is 0 Å². The smallest absolute Gasteiger partial charge is 0.406 e. The van der Waals surface area contributed by atoms with Gasteiger partial charge in [0, 0.05) is 5.41 Å². The molecule has 2 unspecified atom stereocenters. The van der Waals surface area contributed by atoms with Gasteiger partial charge in [0.25, 0.3) is 0 Å². The van der Waals surface area contributed by atoms with Crippen molar-refractivity contribution in [3.63, 3.8) is 0 Å². The molecular formula is C14H26N2O4. The van der Waals surface area contributed by atoms with Gasteiger partial charge < -0.3 is 10.2 Å². The molecule has 1 aliphatic carbocycles. The van der Waals surface area contributed by atoms with Gasteiger partial charge in [0.15, 0.2) is 0 Å². The highest BCUT2D eigenvalue weighted by atomic mass is 16.4. The van der Waals surface area contributed by atoms with Gasteiger partial charge in [-0.3, -0.25) is 10.6 Å². The summed E-state index contributed by atoms with van der Waals surface area (Å²) in [6.07, 6.45) is -0.338. The van der Waals surface area contributed by atoms with E-state index in [-0.39, 0.29) is 5.41 Å². The van der Waals surface area contributed by atoms with Crippen LogP contribution in [0.4, 0.5) is 9.59 Å². The van der Waals surface area contributed by atoms with Crippen LogP contribution in [-0.4, -0.2) is 28.1 Å². The summed E-state index contributed by atoms with van der Waals surface area (Å²) < 4.78 is 0. The van der Waals surface area contributed by atoms with E-state index in [0.717, 1.165) is 12.8 Å². The summed E-state index contributed by atoms with van der Waals surface area (Å²) in [5.74, 6) is 0.391. The van der Waals surface area contributed by atoms with Gasteiger partial charge in [-0.1, -0.05) is 34.6 Å². The minimum absolute atomic E-state index is 0.170. The molecule has 0 aromatic carbocycles. The van der Waals surface area contributed by atoms with Crippen LogP contribution in [0.25, 0.3) is 0 Å². The molecule has 0 radical (unpaired) electrons. The van der Waals surface area contributed by atoms with Crippen LogP contribution in [0, 0.1) is 16.7 Å². The maximum atomic E-state index is 11.2. The summed E-state index contributed by atoms with van der Waals surface area (Å²) in [6, 6.07) is 0. The number of rotatable bonds is 3. The fraction of sp³-hybridized carbons (Fsp3) is 0.857. The SMILES string of the molecule is CCC1(C)C(C)CCC(NC(=O)O)(NC(=O)O)C1(C)C. The quantitative estimate of drug-likeness (QED) is 0.599. The van der Waals surface area contributed by atoms with Gasteiger partial charge in [0.1, 0.15) is 5.66 Å². The van der Waals surface area contributed by atoms with Gasteiger partial charge in [-0.25, -0.2) is 9.59 Å². The summed E-state index contributed by atoms with van der Waals surface area (Å²) in [7, 11) is 0. The topological polar surface area (TPSA) is 98.7 Å². The molecule has 2 atom stereocenters. The summed E-state index contributed by atoms with van der Waals surface area (Å²) in [5, 5.41) is 23.2. The highest BCUT2D eigenvalue weighted by Gasteiger charge is 2.60. The first kappa shape index (κ1) is 16.6. The van der Waals surface area contributed by atoms with E-state index in [4.69, 9.17) is 10.2 Å². The van der Waals surface area contributed by atoms with E-state index < -0.39 is 23.3 Å². The Labute approximate surface area is 119 Å². The number of hydrogen-bond donors (Lipinski definition) is 4. The number of carboxylic acid groups (broad SMARTS) is 2. The van der Waals surface area contributed by atoms with E-state index in [2.05, 4.69) is 31.4 Å². The lowest BCUT2D eigenvalue weighted by atomic mass is 9.48. The van der Waals surface area contributed by atoms with Crippen molar-refractivity contribution in [1.82, 2.24) is 10.6 Å². The zero-order valence-corrected chi connectivity index (χ0v) is 12.9. The van der Waals surface area contributed by atoms with Gasteiger partial charge in [-0.2, -0.15) is 0 Å². The average molecular weight is 286 g/mol. The summed E-state index contributed by atoms with van der Waals surface area (Å²) >= 11 is 0. The van der Waals surface area contributed by atoms with Crippen molar-refractivity contribution in [2.24, 2.45) is 16.7 Å². The van der Waals surface area contributed by atoms with Crippen molar-refractivity contribution in [2.45, 2.75) is 59.5 Å². The van der Waals surface area contributed by atoms with Crippen LogP contribution in [0.3, 0.4) is 0 Å². The molecule has 0 bridgehead atoms. The van der Waals surface area contributed by atoms with Crippen LogP contribution >= 0.6 is 0 Å². The Hall–Kier alpha value is -1.46. The number of carbonyl (C=O) groups is 2. The van der Waals surface area contributed by atoms with Crippen molar-refractivity contribution >= 4 is 12.2 Å². The van der Waals surface area contributed by atoms with Crippen molar-refractivity contribution in [2.75, 3.05) is 0 Å². The Kier molecular flexibility index (Phi) is 4.27. The minimum atomic E-state index is -1.21. The summed E-state index contributed by atoms with van der Waals surface area (Å²) in [6.45, 7) is 10.2. The molecule has 1 rings (SSSR count). The summed E-state index contributed by atoms with van der Waals surface area (Å²) in [4.78, 5) is 22.4. The second kappa shape index (κ2) is 5.14. The Morgan fingerprint density at radius 2 is 1.60 bits per heavy atom. The molecule has 4 N–H and O–H groups in total. The molecule has 116 valence electrons. The third-order valence-electron chi connectivity index (χ3n) is 5.91. The summed E-state index contributed by atoms with van der Waals surface area (Å²) in [5.41, 5.74) is -1.89. The molecule has 0 aromatic heterocycles. The molecule has 0 aromatic rings. The number of amides is 2. The van der Waals surface area contributed by atoms with E-state index >= 15 is 0 Å². The van der Waals surface area contributed by atoms with Gasteiger partial charge in [-0.05, 0) is 30.6 Å². The third-order valence-corrected chi connectivity index (χ3v) is 5.91. The van der Waals surface area contributed by atoms with Crippen LogP contribution in [0.1, 0.15) is 53.9 Å². The van der Waals surface area contributed by atoms with E-state index in [9.17, 15) is 9.59 Å². The molecular weight excluding hydrogens is 260 g/mol. The molecule has 0 saturated heterocycles. The molecule has 1 aliphatic rings. The van der Waals surface area contributed by atoms with E-state index in [1.165, 1.54) is 0 Å². The van der Waals surface area contributed by atoms with Crippen molar-refractivity contribution in [1.29, 1.82) is 0 Å². The van der Waals surface area contributed by atoms with Crippen LogP contribution in [-0.2, 0) is 0 Å². The molecule has 0 aliphatic heterocycles. The molecule has 6 nitrogen and oxygen atoms in total. The lowest BCUT2D eigenvalue weighted by Crippen LogP contribution is -2.74. The largest absolute Gasteiger partial charge is 0.465 e. The van der Waals surface area contributed by atoms with Gasteiger partial charge in [0.2, 0.25) is 0 Å². The van der Waals surface area contributed by atoms with Gasteiger partial charge in [-0.15, -0.1) is 0 Å². The molecule has 6 heteroatoms. The molecule has 20 heavy (non-hydrogen) atoms. The van der Waals surface area contributed by atoms with Gasteiger partial charge in [0.05, 0.1) is 0 Å². The Morgan fingerprint density at radius 1 is 1.15 bits per heavy atom. The molecule has 0 spiro atoms. The lowest BCUT2D eigenvalue weighted by Gasteiger charge is -2.61. The number of hydrogen-bond acceptors (Lipinski definition) is 2. The highest BCUT2D eigenvalue weighted by Crippen LogP contribution is 2.58.